The third-order valence-corrected chi connectivity index (χ3v) is 4.47. The van der Waals surface area contributed by atoms with Crippen molar-refractivity contribution in [3.63, 3.8) is 0 Å². The molecular formula is C15H19F2NO. The van der Waals surface area contributed by atoms with Crippen molar-refractivity contribution in [1.29, 1.82) is 0 Å². The molecule has 3 unspecified atom stereocenters. The van der Waals surface area contributed by atoms with Gasteiger partial charge in [0.25, 0.3) is 5.92 Å². The Bertz CT molecular complexity index is 437. The molecule has 104 valence electrons. The van der Waals surface area contributed by atoms with Crippen LogP contribution in [0.2, 0.25) is 0 Å². The fourth-order valence-electron chi connectivity index (χ4n) is 3.42. The molecule has 3 atom stereocenters. The molecule has 2 aliphatic rings. The molecule has 2 fully saturated rings. The lowest BCUT2D eigenvalue weighted by Crippen LogP contribution is -2.36. The Morgan fingerprint density at radius 2 is 1.84 bits per heavy atom. The molecule has 1 aromatic carbocycles. The maximum Gasteiger partial charge on any atom is 0.275 e. The monoisotopic (exact) mass is 267 g/mol. The zero-order chi connectivity index (χ0) is 13.5. The number of fused-ring (bicyclic) bond motifs is 2. The van der Waals surface area contributed by atoms with E-state index in [4.69, 9.17) is 0 Å². The van der Waals surface area contributed by atoms with E-state index in [1.165, 1.54) is 0 Å². The van der Waals surface area contributed by atoms with E-state index in [2.05, 4.69) is 4.90 Å². The zero-order valence-electron chi connectivity index (χ0n) is 10.8. The molecule has 0 radical (unpaired) electrons. The van der Waals surface area contributed by atoms with Crippen molar-refractivity contribution in [3.8, 4) is 0 Å². The molecule has 3 rings (SSSR count). The van der Waals surface area contributed by atoms with Gasteiger partial charge in [-0.25, -0.2) is 8.78 Å². The number of aliphatic hydroxyl groups is 1. The quantitative estimate of drug-likeness (QED) is 0.890. The predicted molar refractivity (Wildman–Crippen MR) is 69.0 cm³/mol. The Labute approximate surface area is 112 Å². The van der Waals surface area contributed by atoms with Crippen LogP contribution in [-0.2, 0) is 6.54 Å². The standard InChI is InChI=1S/C15H19F2NO/c16-15(17)9-13-7-6-12(8-14(15)19)18(13)10-11-4-2-1-3-5-11/h1-5,12-14,19H,6-10H2. The summed E-state index contributed by atoms with van der Waals surface area (Å²) < 4.78 is 27.5. The van der Waals surface area contributed by atoms with Crippen molar-refractivity contribution in [2.75, 3.05) is 0 Å². The summed E-state index contributed by atoms with van der Waals surface area (Å²) in [6.45, 7) is 0.707. The van der Waals surface area contributed by atoms with E-state index in [1.54, 1.807) is 0 Å². The molecule has 0 amide bonds. The molecule has 1 aromatic rings. The van der Waals surface area contributed by atoms with Crippen LogP contribution >= 0.6 is 0 Å². The molecule has 0 saturated carbocycles. The third-order valence-electron chi connectivity index (χ3n) is 4.47. The van der Waals surface area contributed by atoms with E-state index in [0.29, 0.717) is 6.54 Å². The van der Waals surface area contributed by atoms with Gasteiger partial charge < -0.3 is 5.11 Å². The van der Waals surface area contributed by atoms with Crippen LogP contribution < -0.4 is 0 Å². The summed E-state index contributed by atoms with van der Waals surface area (Å²) in [7, 11) is 0. The second-order valence-electron chi connectivity index (χ2n) is 5.76. The van der Waals surface area contributed by atoms with E-state index < -0.39 is 12.0 Å². The van der Waals surface area contributed by atoms with E-state index in [0.717, 1.165) is 18.4 Å². The smallest absolute Gasteiger partial charge is 0.275 e. The molecule has 2 heterocycles. The fourth-order valence-corrected chi connectivity index (χ4v) is 3.42. The van der Waals surface area contributed by atoms with Gasteiger partial charge in [-0.3, -0.25) is 4.90 Å². The first-order chi connectivity index (χ1) is 9.06. The minimum atomic E-state index is -2.94. The maximum absolute atomic E-state index is 13.8. The largest absolute Gasteiger partial charge is 0.387 e. The average molecular weight is 267 g/mol. The number of hydrogen-bond acceptors (Lipinski definition) is 2. The number of aliphatic hydroxyl groups excluding tert-OH is 1. The summed E-state index contributed by atoms with van der Waals surface area (Å²) >= 11 is 0. The Balaban J connectivity index is 1.79. The van der Waals surface area contributed by atoms with Crippen LogP contribution in [0, 0.1) is 0 Å². The van der Waals surface area contributed by atoms with Gasteiger partial charge in [-0.2, -0.15) is 0 Å². The molecule has 19 heavy (non-hydrogen) atoms. The van der Waals surface area contributed by atoms with Gasteiger partial charge in [0.15, 0.2) is 0 Å². The van der Waals surface area contributed by atoms with Crippen LogP contribution in [-0.4, -0.2) is 34.1 Å². The van der Waals surface area contributed by atoms with Crippen molar-refractivity contribution >= 4 is 0 Å². The summed E-state index contributed by atoms with van der Waals surface area (Å²) in [5.74, 6) is -2.94. The number of benzene rings is 1. The van der Waals surface area contributed by atoms with Gasteiger partial charge in [0, 0.05) is 25.0 Å². The molecule has 0 aliphatic carbocycles. The molecule has 2 saturated heterocycles. The summed E-state index contributed by atoms with van der Waals surface area (Å²) in [5.41, 5.74) is 1.15. The van der Waals surface area contributed by atoms with Crippen LogP contribution in [0.4, 0.5) is 8.78 Å². The van der Waals surface area contributed by atoms with Crippen molar-refractivity contribution in [2.24, 2.45) is 0 Å². The first kappa shape index (κ1) is 13.0. The highest BCUT2D eigenvalue weighted by molar-refractivity contribution is 5.15. The van der Waals surface area contributed by atoms with Crippen molar-refractivity contribution in [2.45, 2.75) is 56.3 Å². The van der Waals surface area contributed by atoms with E-state index >= 15 is 0 Å². The van der Waals surface area contributed by atoms with E-state index in [1.807, 2.05) is 30.3 Å². The number of halogens is 2. The SMILES string of the molecule is OC1CC2CCC(CC1(F)F)N2Cc1ccccc1. The molecule has 2 nitrogen and oxygen atoms in total. The predicted octanol–water partition coefficient (Wildman–Crippen LogP) is 2.81. The van der Waals surface area contributed by atoms with Gasteiger partial charge >= 0.3 is 0 Å². The molecule has 1 N–H and O–H groups in total. The lowest BCUT2D eigenvalue weighted by molar-refractivity contribution is -0.117. The van der Waals surface area contributed by atoms with E-state index in [9.17, 15) is 13.9 Å². The first-order valence-corrected chi connectivity index (χ1v) is 6.92. The minimum absolute atomic E-state index is 0.0913. The highest BCUT2D eigenvalue weighted by Crippen LogP contribution is 2.41. The van der Waals surface area contributed by atoms with Gasteiger partial charge in [-0.15, -0.1) is 0 Å². The second kappa shape index (κ2) is 4.84. The molecule has 0 spiro atoms. The van der Waals surface area contributed by atoms with Crippen LogP contribution in [0.1, 0.15) is 31.2 Å². The molecule has 2 bridgehead atoms. The zero-order valence-corrected chi connectivity index (χ0v) is 10.8. The van der Waals surface area contributed by atoms with Crippen LogP contribution in [0.5, 0.6) is 0 Å². The van der Waals surface area contributed by atoms with Crippen molar-refractivity contribution in [1.82, 2.24) is 4.90 Å². The van der Waals surface area contributed by atoms with Gasteiger partial charge in [0.2, 0.25) is 0 Å². The lowest BCUT2D eigenvalue weighted by Gasteiger charge is -2.28. The van der Waals surface area contributed by atoms with Crippen molar-refractivity contribution < 1.29 is 13.9 Å². The van der Waals surface area contributed by atoms with Crippen molar-refractivity contribution in [3.05, 3.63) is 35.9 Å². The topological polar surface area (TPSA) is 23.5 Å². The highest BCUT2D eigenvalue weighted by atomic mass is 19.3. The first-order valence-electron chi connectivity index (χ1n) is 6.92. The Kier molecular flexibility index (Phi) is 3.31. The molecule has 2 aliphatic heterocycles. The molecule has 4 heteroatoms. The van der Waals surface area contributed by atoms with Crippen LogP contribution in [0.25, 0.3) is 0 Å². The number of rotatable bonds is 2. The van der Waals surface area contributed by atoms with Crippen LogP contribution in [0.15, 0.2) is 30.3 Å². The van der Waals surface area contributed by atoms with Crippen LogP contribution in [0.3, 0.4) is 0 Å². The number of hydrogen-bond donors (Lipinski definition) is 1. The lowest BCUT2D eigenvalue weighted by atomic mass is 9.95. The van der Waals surface area contributed by atoms with Gasteiger partial charge in [-0.1, -0.05) is 30.3 Å². The average Bonchev–Trinajstić information content (AvgIpc) is 2.69. The van der Waals surface area contributed by atoms with Gasteiger partial charge in [0.05, 0.1) is 0 Å². The number of alkyl halides is 2. The highest BCUT2D eigenvalue weighted by Gasteiger charge is 2.50. The Morgan fingerprint density at radius 3 is 2.58 bits per heavy atom. The van der Waals surface area contributed by atoms with Gasteiger partial charge in [0.1, 0.15) is 6.10 Å². The van der Waals surface area contributed by atoms with E-state index in [-0.39, 0.29) is 24.9 Å². The summed E-state index contributed by atoms with van der Waals surface area (Å²) in [6, 6.07) is 9.94. The maximum atomic E-state index is 13.8. The Hall–Kier alpha value is -1.00. The summed E-state index contributed by atoms with van der Waals surface area (Å²) in [4.78, 5) is 2.17. The Morgan fingerprint density at radius 1 is 1.16 bits per heavy atom. The number of nitrogens with zero attached hydrogens (tertiary/aromatic N) is 1. The third kappa shape index (κ3) is 2.51. The summed E-state index contributed by atoms with van der Waals surface area (Å²) in [6.07, 6.45) is 0.235. The minimum Gasteiger partial charge on any atom is -0.387 e. The summed E-state index contributed by atoms with van der Waals surface area (Å²) in [5, 5.41) is 9.65. The molecular weight excluding hydrogens is 248 g/mol. The second-order valence-corrected chi connectivity index (χ2v) is 5.76. The molecule has 0 aromatic heterocycles. The fraction of sp³-hybridized carbons (Fsp3) is 0.600. The normalized spacial score (nSPS) is 34.2. The van der Waals surface area contributed by atoms with Gasteiger partial charge in [-0.05, 0) is 24.8 Å².